The zero-order valence-corrected chi connectivity index (χ0v) is 20.8. The van der Waals surface area contributed by atoms with Crippen LogP contribution in [0.5, 0.6) is 5.75 Å². The summed E-state index contributed by atoms with van der Waals surface area (Å²) in [7, 11) is -2.26. The number of rotatable bonds is 6. The van der Waals surface area contributed by atoms with E-state index in [0.29, 0.717) is 42.6 Å². The van der Waals surface area contributed by atoms with Gasteiger partial charge in [0.2, 0.25) is 15.9 Å². The molecule has 2 aromatic rings. The van der Waals surface area contributed by atoms with Crippen LogP contribution in [0.4, 0.5) is 11.4 Å². The van der Waals surface area contributed by atoms with E-state index in [1.54, 1.807) is 24.0 Å². The summed E-state index contributed by atoms with van der Waals surface area (Å²) in [5, 5.41) is 0.934. The molecule has 0 N–H and O–H groups in total. The van der Waals surface area contributed by atoms with Crippen LogP contribution in [0.2, 0.25) is 10.0 Å². The highest BCUT2D eigenvalue weighted by Gasteiger charge is 2.34. The SMILES string of the molecule is COc1ccc(N(C(C)C(=O)N2CCN(c3cc(Cl)ccc3C)CC2)S(C)(=O)=O)cc1Cl. The number of amides is 1. The predicted octanol–water partition coefficient (Wildman–Crippen LogP) is 3.81. The smallest absolute Gasteiger partial charge is 0.246 e. The van der Waals surface area contributed by atoms with Crippen molar-refractivity contribution in [3.8, 4) is 5.75 Å². The van der Waals surface area contributed by atoms with Gasteiger partial charge in [-0.1, -0.05) is 29.3 Å². The Labute approximate surface area is 199 Å². The van der Waals surface area contributed by atoms with Crippen LogP contribution in [0.25, 0.3) is 0 Å². The molecule has 0 radical (unpaired) electrons. The van der Waals surface area contributed by atoms with Crippen molar-refractivity contribution in [2.24, 2.45) is 0 Å². The maximum atomic E-state index is 13.3. The zero-order chi connectivity index (χ0) is 23.6. The van der Waals surface area contributed by atoms with Crippen LogP contribution in [0.3, 0.4) is 0 Å². The number of methoxy groups -OCH3 is 1. The normalized spacial score (nSPS) is 15.4. The van der Waals surface area contributed by atoms with Gasteiger partial charge in [0, 0.05) is 36.9 Å². The first-order chi connectivity index (χ1) is 15.0. The largest absolute Gasteiger partial charge is 0.495 e. The van der Waals surface area contributed by atoms with E-state index in [-0.39, 0.29) is 10.9 Å². The minimum absolute atomic E-state index is 0.259. The van der Waals surface area contributed by atoms with E-state index in [9.17, 15) is 13.2 Å². The van der Waals surface area contributed by atoms with Crippen LogP contribution < -0.4 is 13.9 Å². The van der Waals surface area contributed by atoms with Crippen molar-refractivity contribution in [2.75, 3.05) is 48.7 Å². The highest BCUT2D eigenvalue weighted by atomic mass is 35.5. The number of anilines is 2. The molecule has 0 bridgehead atoms. The summed E-state index contributed by atoms with van der Waals surface area (Å²) in [4.78, 5) is 17.1. The van der Waals surface area contributed by atoms with Gasteiger partial charge >= 0.3 is 0 Å². The molecule has 1 aliphatic rings. The predicted molar refractivity (Wildman–Crippen MR) is 130 cm³/mol. The topological polar surface area (TPSA) is 70.2 Å². The Morgan fingerprint density at radius 1 is 1.09 bits per heavy atom. The monoisotopic (exact) mass is 499 g/mol. The second kappa shape index (κ2) is 9.77. The molecule has 1 atom stereocenters. The number of hydrogen-bond donors (Lipinski definition) is 0. The van der Waals surface area contributed by atoms with Gasteiger partial charge in [0.1, 0.15) is 11.8 Å². The number of carbonyl (C=O) groups excluding carboxylic acids is 1. The van der Waals surface area contributed by atoms with E-state index in [1.807, 2.05) is 25.1 Å². The van der Waals surface area contributed by atoms with E-state index in [4.69, 9.17) is 27.9 Å². The fourth-order valence-corrected chi connectivity index (χ4v) is 5.53. The molecule has 0 aliphatic carbocycles. The van der Waals surface area contributed by atoms with Gasteiger partial charge in [-0.3, -0.25) is 9.10 Å². The Morgan fingerprint density at radius 2 is 1.75 bits per heavy atom. The van der Waals surface area contributed by atoms with Gasteiger partial charge in [0.15, 0.2) is 0 Å². The molecule has 3 rings (SSSR count). The summed E-state index contributed by atoms with van der Waals surface area (Å²) in [5.41, 5.74) is 2.47. The maximum absolute atomic E-state index is 13.3. The fourth-order valence-electron chi connectivity index (χ4n) is 3.95. The lowest BCUT2D eigenvalue weighted by Gasteiger charge is -2.39. The van der Waals surface area contributed by atoms with Gasteiger partial charge < -0.3 is 14.5 Å². The number of ether oxygens (including phenoxy) is 1. The van der Waals surface area contributed by atoms with Crippen LogP contribution in [-0.4, -0.2) is 64.8 Å². The summed E-state index contributed by atoms with van der Waals surface area (Å²) in [6.07, 6.45) is 1.08. The average Bonchev–Trinajstić information content (AvgIpc) is 2.74. The number of halogens is 2. The number of nitrogens with zero attached hydrogens (tertiary/aromatic N) is 3. The minimum Gasteiger partial charge on any atom is -0.495 e. The maximum Gasteiger partial charge on any atom is 0.246 e. The summed E-state index contributed by atoms with van der Waals surface area (Å²) < 4.78 is 31.4. The first-order valence-corrected chi connectivity index (χ1v) is 12.8. The van der Waals surface area contributed by atoms with Crippen molar-refractivity contribution in [1.82, 2.24) is 4.90 Å². The molecule has 0 saturated carbocycles. The van der Waals surface area contributed by atoms with Crippen LogP contribution >= 0.6 is 23.2 Å². The molecule has 7 nitrogen and oxygen atoms in total. The quantitative estimate of drug-likeness (QED) is 0.604. The van der Waals surface area contributed by atoms with E-state index in [0.717, 1.165) is 21.8 Å². The lowest BCUT2D eigenvalue weighted by atomic mass is 10.1. The Morgan fingerprint density at radius 3 is 2.31 bits per heavy atom. The lowest BCUT2D eigenvalue weighted by molar-refractivity contribution is -0.132. The Hall–Kier alpha value is -2.16. The molecule has 1 aliphatic heterocycles. The summed E-state index contributed by atoms with van der Waals surface area (Å²) >= 11 is 12.3. The minimum atomic E-state index is -3.74. The van der Waals surface area contributed by atoms with Crippen molar-refractivity contribution >= 4 is 50.5 Å². The highest BCUT2D eigenvalue weighted by molar-refractivity contribution is 7.92. The van der Waals surface area contributed by atoms with Crippen molar-refractivity contribution in [3.05, 3.63) is 52.0 Å². The van der Waals surface area contributed by atoms with Crippen molar-refractivity contribution in [2.45, 2.75) is 19.9 Å². The third-order valence-corrected chi connectivity index (χ3v) is 7.33. The number of benzene rings is 2. The molecule has 1 heterocycles. The zero-order valence-electron chi connectivity index (χ0n) is 18.5. The molecule has 0 aromatic heterocycles. The fraction of sp³-hybridized carbons (Fsp3) is 0.409. The van der Waals surface area contributed by atoms with Crippen LogP contribution in [-0.2, 0) is 14.8 Å². The molecule has 1 fully saturated rings. The van der Waals surface area contributed by atoms with E-state index in [1.165, 1.54) is 13.2 Å². The summed E-state index contributed by atoms with van der Waals surface area (Å²) in [6.45, 7) is 5.84. The van der Waals surface area contributed by atoms with Gasteiger partial charge in [-0.2, -0.15) is 0 Å². The third-order valence-electron chi connectivity index (χ3n) is 5.56. The lowest BCUT2D eigenvalue weighted by Crippen LogP contribution is -2.55. The molecule has 10 heteroatoms. The standard InChI is InChI=1S/C22H27Cl2N3O4S/c1-15-5-6-17(23)13-20(15)25-9-11-26(12-10-25)22(28)16(2)27(32(4,29)30)18-7-8-21(31-3)19(24)14-18/h5-8,13-14,16H,9-12H2,1-4H3. The molecule has 0 spiro atoms. The first kappa shape index (κ1) is 24.5. The number of hydrogen-bond acceptors (Lipinski definition) is 5. The van der Waals surface area contributed by atoms with Crippen molar-refractivity contribution in [3.63, 3.8) is 0 Å². The van der Waals surface area contributed by atoms with Crippen molar-refractivity contribution in [1.29, 1.82) is 0 Å². The molecule has 1 amide bonds. The Kier molecular flexibility index (Phi) is 7.47. The molecular formula is C22H27Cl2N3O4S. The summed E-state index contributed by atoms with van der Waals surface area (Å²) in [6, 6.07) is 9.48. The van der Waals surface area contributed by atoms with E-state index < -0.39 is 16.1 Å². The molecular weight excluding hydrogens is 473 g/mol. The molecule has 2 aromatic carbocycles. The van der Waals surface area contributed by atoms with Crippen LogP contribution in [0, 0.1) is 6.92 Å². The third kappa shape index (κ3) is 5.24. The van der Waals surface area contributed by atoms with Gasteiger partial charge in [-0.25, -0.2) is 8.42 Å². The van der Waals surface area contributed by atoms with Crippen LogP contribution in [0.1, 0.15) is 12.5 Å². The van der Waals surface area contributed by atoms with Gasteiger partial charge in [0.25, 0.3) is 0 Å². The second-order valence-electron chi connectivity index (χ2n) is 7.80. The van der Waals surface area contributed by atoms with E-state index >= 15 is 0 Å². The number of sulfonamides is 1. The average molecular weight is 500 g/mol. The van der Waals surface area contributed by atoms with Crippen molar-refractivity contribution < 1.29 is 17.9 Å². The number of piperazine rings is 1. The van der Waals surface area contributed by atoms with Gasteiger partial charge in [-0.05, 0) is 49.7 Å². The van der Waals surface area contributed by atoms with Gasteiger partial charge in [-0.15, -0.1) is 0 Å². The molecule has 174 valence electrons. The first-order valence-electron chi connectivity index (χ1n) is 10.2. The van der Waals surface area contributed by atoms with Gasteiger partial charge in [0.05, 0.1) is 24.1 Å². The molecule has 1 saturated heterocycles. The second-order valence-corrected chi connectivity index (χ2v) is 10.5. The number of aryl methyl sites for hydroxylation is 1. The Bertz CT molecular complexity index is 1100. The summed E-state index contributed by atoms with van der Waals surface area (Å²) in [5.74, 6) is 0.167. The van der Waals surface area contributed by atoms with Crippen LogP contribution in [0.15, 0.2) is 36.4 Å². The highest BCUT2D eigenvalue weighted by Crippen LogP contribution is 2.32. The van der Waals surface area contributed by atoms with E-state index in [2.05, 4.69) is 4.90 Å². The molecule has 32 heavy (non-hydrogen) atoms. The number of carbonyl (C=O) groups is 1. The Balaban J connectivity index is 1.77. The molecule has 1 unspecified atom stereocenters.